The molecular weight excluding hydrogens is 266 g/mol. The minimum absolute atomic E-state index is 0.484. The molecule has 120 valence electrons. The van der Waals surface area contributed by atoms with Gasteiger partial charge in [-0.2, -0.15) is 4.98 Å². The lowest BCUT2D eigenvalue weighted by atomic mass is 10.2. The fourth-order valence-corrected chi connectivity index (χ4v) is 1.76. The minimum atomic E-state index is 0.484. The van der Waals surface area contributed by atoms with E-state index in [1.54, 1.807) is 0 Å². The number of rotatable bonds is 11. The van der Waals surface area contributed by atoms with Gasteiger partial charge in [0, 0.05) is 32.2 Å². The molecule has 0 radical (unpaired) electrons. The Morgan fingerprint density at radius 2 is 2.05 bits per heavy atom. The van der Waals surface area contributed by atoms with Crippen molar-refractivity contribution in [2.24, 2.45) is 5.92 Å². The van der Waals surface area contributed by atoms with Gasteiger partial charge < -0.3 is 14.8 Å². The number of hydrogen-bond acceptors (Lipinski definition) is 5. The predicted molar refractivity (Wildman–Crippen MR) is 86.0 cm³/mol. The van der Waals surface area contributed by atoms with Crippen molar-refractivity contribution in [1.29, 1.82) is 0 Å². The number of hydrogen-bond donors (Lipinski definition) is 1. The van der Waals surface area contributed by atoms with Crippen LogP contribution >= 0.6 is 0 Å². The average molecular weight is 295 g/mol. The second-order valence-electron chi connectivity index (χ2n) is 5.44. The fraction of sp³-hybridized carbons (Fsp3) is 0.750. The number of nitrogens with zero attached hydrogens (tertiary/aromatic N) is 2. The Kier molecular flexibility index (Phi) is 8.74. The zero-order chi connectivity index (χ0) is 15.5. The maximum absolute atomic E-state index is 5.72. The summed E-state index contributed by atoms with van der Waals surface area (Å²) in [6.45, 7) is 11.4. The average Bonchev–Trinajstić information content (AvgIpc) is 2.45. The van der Waals surface area contributed by atoms with E-state index in [1.807, 2.05) is 13.0 Å². The first-order valence-corrected chi connectivity index (χ1v) is 7.98. The largest absolute Gasteiger partial charge is 0.477 e. The number of ether oxygens (including phenoxy) is 2. The van der Waals surface area contributed by atoms with Gasteiger partial charge in [-0.25, -0.2) is 4.98 Å². The molecule has 0 saturated carbocycles. The first kappa shape index (κ1) is 17.7. The highest BCUT2D eigenvalue weighted by atomic mass is 16.5. The molecule has 0 aliphatic rings. The van der Waals surface area contributed by atoms with Crippen LogP contribution in [0.25, 0.3) is 0 Å². The zero-order valence-corrected chi connectivity index (χ0v) is 13.8. The van der Waals surface area contributed by atoms with Crippen LogP contribution in [0.4, 0.5) is 5.82 Å². The predicted octanol–water partition coefficient (Wildman–Crippen LogP) is 3.30. The van der Waals surface area contributed by atoms with E-state index in [4.69, 9.17) is 9.47 Å². The Hall–Kier alpha value is -1.36. The van der Waals surface area contributed by atoms with Crippen molar-refractivity contribution in [3.05, 3.63) is 11.9 Å². The maximum atomic E-state index is 5.72. The van der Waals surface area contributed by atoms with E-state index in [2.05, 4.69) is 36.1 Å². The SMILES string of the molecule is CCCc1nc(NCCCOCC)cc(OCC(C)C)n1. The van der Waals surface area contributed by atoms with E-state index in [1.165, 1.54) is 0 Å². The van der Waals surface area contributed by atoms with E-state index in [9.17, 15) is 0 Å². The quantitative estimate of drug-likeness (QED) is 0.635. The number of anilines is 1. The second-order valence-corrected chi connectivity index (χ2v) is 5.44. The molecule has 0 atom stereocenters. The molecule has 1 aromatic heterocycles. The highest BCUT2D eigenvalue weighted by molar-refractivity contribution is 5.38. The van der Waals surface area contributed by atoms with Crippen LogP contribution in [0.3, 0.4) is 0 Å². The van der Waals surface area contributed by atoms with Crippen LogP contribution in [0.2, 0.25) is 0 Å². The Balaban J connectivity index is 2.58. The molecule has 0 saturated heterocycles. The summed E-state index contributed by atoms with van der Waals surface area (Å²) in [5.41, 5.74) is 0. The minimum Gasteiger partial charge on any atom is -0.477 e. The van der Waals surface area contributed by atoms with Crippen molar-refractivity contribution >= 4 is 5.82 Å². The highest BCUT2D eigenvalue weighted by Crippen LogP contribution is 2.15. The Bertz CT molecular complexity index is 397. The van der Waals surface area contributed by atoms with Crippen molar-refractivity contribution in [3.8, 4) is 5.88 Å². The molecule has 1 rings (SSSR count). The summed E-state index contributed by atoms with van der Waals surface area (Å²) in [6.07, 6.45) is 2.85. The lowest BCUT2D eigenvalue weighted by molar-refractivity contribution is 0.147. The molecule has 0 amide bonds. The van der Waals surface area contributed by atoms with E-state index in [0.717, 1.165) is 50.7 Å². The lowest BCUT2D eigenvalue weighted by Gasteiger charge is -2.12. The molecular formula is C16H29N3O2. The molecule has 1 aromatic rings. The summed E-state index contributed by atoms with van der Waals surface area (Å²) in [6, 6.07) is 1.88. The van der Waals surface area contributed by atoms with E-state index in [0.29, 0.717) is 18.4 Å². The Labute approximate surface area is 128 Å². The molecule has 0 aliphatic heterocycles. The Morgan fingerprint density at radius 3 is 2.71 bits per heavy atom. The highest BCUT2D eigenvalue weighted by Gasteiger charge is 2.06. The Morgan fingerprint density at radius 1 is 1.24 bits per heavy atom. The fourth-order valence-electron chi connectivity index (χ4n) is 1.76. The van der Waals surface area contributed by atoms with Crippen molar-refractivity contribution in [3.63, 3.8) is 0 Å². The monoisotopic (exact) mass is 295 g/mol. The first-order chi connectivity index (χ1) is 10.2. The molecule has 0 unspecified atom stereocenters. The molecule has 1 heterocycles. The number of aromatic nitrogens is 2. The summed E-state index contributed by atoms with van der Waals surface area (Å²) in [5, 5.41) is 3.32. The van der Waals surface area contributed by atoms with Crippen LogP contribution in [0.15, 0.2) is 6.07 Å². The van der Waals surface area contributed by atoms with Crippen LogP contribution in [-0.2, 0) is 11.2 Å². The molecule has 5 heteroatoms. The lowest BCUT2D eigenvalue weighted by Crippen LogP contribution is -2.11. The topological polar surface area (TPSA) is 56.3 Å². The molecule has 0 bridgehead atoms. The van der Waals surface area contributed by atoms with Crippen molar-refractivity contribution in [2.45, 2.75) is 47.0 Å². The van der Waals surface area contributed by atoms with Gasteiger partial charge in [-0.15, -0.1) is 0 Å². The van der Waals surface area contributed by atoms with Gasteiger partial charge in [0.2, 0.25) is 5.88 Å². The van der Waals surface area contributed by atoms with Crippen molar-refractivity contribution in [1.82, 2.24) is 9.97 Å². The standard InChI is InChI=1S/C16H29N3O2/c1-5-8-14-18-15(17-9-7-10-20-6-2)11-16(19-14)21-12-13(3)4/h11,13H,5-10,12H2,1-4H3,(H,17,18,19). The van der Waals surface area contributed by atoms with Crippen LogP contribution in [-0.4, -0.2) is 36.3 Å². The van der Waals surface area contributed by atoms with Gasteiger partial charge in [0.25, 0.3) is 0 Å². The number of aryl methyl sites for hydroxylation is 1. The number of nitrogens with one attached hydrogen (secondary N) is 1. The first-order valence-electron chi connectivity index (χ1n) is 7.98. The molecule has 0 spiro atoms. The van der Waals surface area contributed by atoms with Gasteiger partial charge in [0.15, 0.2) is 0 Å². The van der Waals surface area contributed by atoms with Crippen molar-refractivity contribution < 1.29 is 9.47 Å². The second kappa shape index (κ2) is 10.4. The molecule has 21 heavy (non-hydrogen) atoms. The molecule has 1 N–H and O–H groups in total. The van der Waals surface area contributed by atoms with Crippen molar-refractivity contribution in [2.75, 3.05) is 31.7 Å². The van der Waals surface area contributed by atoms with E-state index in [-0.39, 0.29) is 0 Å². The van der Waals surface area contributed by atoms with Crippen LogP contribution < -0.4 is 10.1 Å². The van der Waals surface area contributed by atoms with E-state index >= 15 is 0 Å². The molecule has 5 nitrogen and oxygen atoms in total. The van der Waals surface area contributed by atoms with Gasteiger partial charge in [-0.3, -0.25) is 0 Å². The third-order valence-electron chi connectivity index (χ3n) is 2.76. The summed E-state index contributed by atoms with van der Waals surface area (Å²) in [7, 11) is 0. The molecule has 0 aromatic carbocycles. The third kappa shape index (κ3) is 7.85. The summed E-state index contributed by atoms with van der Waals surface area (Å²) < 4.78 is 11.0. The summed E-state index contributed by atoms with van der Waals surface area (Å²) in [5.74, 6) is 2.82. The van der Waals surface area contributed by atoms with Gasteiger partial charge in [-0.05, 0) is 25.7 Å². The van der Waals surface area contributed by atoms with Gasteiger partial charge in [-0.1, -0.05) is 20.8 Å². The van der Waals surface area contributed by atoms with Gasteiger partial charge in [0.1, 0.15) is 11.6 Å². The maximum Gasteiger partial charge on any atom is 0.218 e. The molecule has 0 fully saturated rings. The summed E-state index contributed by atoms with van der Waals surface area (Å²) >= 11 is 0. The van der Waals surface area contributed by atoms with Gasteiger partial charge >= 0.3 is 0 Å². The van der Waals surface area contributed by atoms with Gasteiger partial charge in [0.05, 0.1) is 6.61 Å². The van der Waals surface area contributed by atoms with Crippen LogP contribution in [0.5, 0.6) is 5.88 Å². The smallest absolute Gasteiger partial charge is 0.218 e. The van der Waals surface area contributed by atoms with Crippen LogP contribution in [0.1, 0.15) is 46.4 Å². The van der Waals surface area contributed by atoms with Crippen LogP contribution in [0, 0.1) is 5.92 Å². The third-order valence-corrected chi connectivity index (χ3v) is 2.76. The van der Waals surface area contributed by atoms with E-state index < -0.39 is 0 Å². The normalized spacial score (nSPS) is 10.9. The zero-order valence-electron chi connectivity index (χ0n) is 13.8. The summed E-state index contributed by atoms with van der Waals surface area (Å²) in [4.78, 5) is 8.98. The molecule has 0 aliphatic carbocycles.